The summed E-state index contributed by atoms with van der Waals surface area (Å²) in [5.41, 5.74) is 1.49. The zero-order valence-corrected chi connectivity index (χ0v) is 9.92. The third-order valence-corrected chi connectivity index (χ3v) is 1.39. The van der Waals surface area contributed by atoms with Crippen molar-refractivity contribution >= 4 is 5.69 Å². The Bertz CT molecular complexity index is 317. The van der Waals surface area contributed by atoms with Crippen LogP contribution in [0.2, 0.25) is 0 Å². The summed E-state index contributed by atoms with van der Waals surface area (Å²) >= 11 is 0. The fourth-order valence-electron chi connectivity index (χ4n) is 0.967. The molecule has 0 spiro atoms. The highest BCUT2D eigenvalue weighted by molar-refractivity contribution is 5.62. The smallest absolute Gasteiger partial charge is 0.190 e. The molecular weight excluding hydrogens is 186 g/mol. The molecule has 2 rings (SSSR count). The van der Waals surface area contributed by atoms with Crippen molar-refractivity contribution in [2.24, 2.45) is 5.41 Å². The van der Waals surface area contributed by atoms with Crippen LogP contribution in [0.4, 0.5) is 5.69 Å². The Morgan fingerprint density at radius 3 is 2.20 bits per heavy atom. The van der Waals surface area contributed by atoms with Crippen LogP contribution in [0.1, 0.15) is 27.7 Å². The van der Waals surface area contributed by atoms with Crippen LogP contribution in [0.25, 0.3) is 0 Å². The van der Waals surface area contributed by atoms with Crippen LogP contribution in [-0.4, -0.2) is 0 Å². The first-order valence-corrected chi connectivity index (χ1v) is 5.09. The molecule has 0 saturated carbocycles. The van der Waals surface area contributed by atoms with Gasteiger partial charge in [-0.05, 0) is 24.1 Å². The minimum Gasteiger partial charge on any atom is -0.440 e. The Labute approximate surface area is 92.0 Å². The fraction of sp³-hybridized carbons (Fsp3) is 0.385. The molecule has 0 fully saturated rings. The van der Waals surface area contributed by atoms with E-state index in [1.807, 2.05) is 24.3 Å². The number of fused-ring (bicyclic) bond motifs is 1. The molecule has 1 aliphatic rings. The van der Waals surface area contributed by atoms with Gasteiger partial charge < -0.3 is 10.1 Å². The summed E-state index contributed by atoms with van der Waals surface area (Å²) in [5, 5.41) is 2.98. The summed E-state index contributed by atoms with van der Waals surface area (Å²) in [6, 6.07) is 7.74. The molecule has 0 amide bonds. The van der Waals surface area contributed by atoms with E-state index in [1.165, 1.54) is 0 Å². The molecule has 0 atom stereocenters. The molecule has 0 bridgehead atoms. The zero-order chi connectivity index (χ0) is 11.5. The maximum absolute atomic E-state index is 5.20. The molecule has 1 aliphatic heterocycles. The first kappa shape index (κ1) is 11.6. The van der Waals surface area contributed by atoms with Crippen molar-refractivity contribution in [1.29, 1.82) is 0 Å². The summed E-state index contributed by atoms with van der Waals surface area (Å²) in [4.78, 5) is 0. The van der Waals surface area contributed by atoms with Gasteiger partial charge in [-0.2, -0.15) is 0 Å². The SMILES string of the molecule is C=C1Nc2ccccc2O1.CC(C)(C)C. The van der Waals surface area contributed by atoms with Crippen molar-refractivity contribution < 1.29 is 4.74 Å². The van der Waals surface area contributed by atoms with Gasteiger partial charge >= 0.3 is 0 Å². The lowest BCUT2D eigenvalue weighted by atomic mass is 10.0. The first-order valence-electron chi connectivity index (χ1n) is 5.09. The van der Waals surface area contributed by atoms with E-state index in [1.54, 1.807) is 0 Å². The minimum atomic E-state index is 0.500. The molecule has 1 aromatic carbocycles. The van der Waals surface area contributed by atoms with Crippen LogP contribution >= 0.6 is 0 Å². The number of para-hydroxylation sites is 2. The summed E-state index contributed by atoms with van der Waals surface area (Å²) in [7, 11) is 0. The predicted octanol–water partition coefficient (Wildman–Crippen LogP) is 4.01. The number of hydrogen-bond donors (Lipinski definition) is 1. The van der Waals surface area contributed by atoms with Crippen molar-refractivity contribution in [1.82, 2.24) is 0 Å². The summed E-state index contributed by atoms with van der Waals surface area (Å²) in [6.07, 6.45) is 0. The lowest BCUT2D eigenvalue weighted by molar-refractivity contribution is 0.460. The number of ether oxygens (including phenoxy) is 1. The van der Waals surface area contributed by atoms with E-state index in [0.29, 0.717) is 11.3 Å². The van der Waals surface area contributed by atoms with E-state index < -0.39 is 0 Å². The monoisotopic (exact) mass is 205 g/mol. The van der Waals surface area contributed by atoms with E-state index in [0.717, 1.165) is 11.4 Å². The van der Waals surface area contributed by atoms with E-state index >= 15 is 0 Å². The second-order valence-corrected chi connectivity index (χ2v) is 5.15. The third-order valence-electron chi connectivity index (χ3n) is 1.39. The molecule has 0 radical (unpaired) electrons. The van der Waals surface area contributed by atoms with Gasteiger partial charge in [0.25, 0.3) is 0 Å². The van der Waals surface area contributed by atoms with Crippen molar-refractivity contribution in [3.8, 4) is 5.75 Å². The van der Waals surface area contributed by atoms with Crippen LogP contribution in [0.3, 0.4) is 0 Å². The molecule has 0 aliphatic carbocycles. The van der Waals surface area contributed by atoms with Gasteiger partial charge in [0, 0.05) is 0 Å². The van der Waals surface area contributed by atoms with Crippen LogP contribution in [-0.2, 0) is 0 Å². The first-order chi connectivity index (χ1) is 6.86. The van der Waals surface area contributed by atoms with Gasteiger partial charge in [0.1, 0.15) is 0 Å². The molecule has 2 nitrogen and oxygen atoms in total. The fourth-order valence-corrected chi connectivity index (χ4v) is 0.967. The third kappa shape index (κ3) is 4.54. The predicted molar refractivity (Wildman–Crippen MR) is 65.0 cm³/mol. The molecular formula is C13H19NO. The summed E-state index contributed by atoms with van der Waals surface area (Å²) < 4.78 is 5.20. The van der Waals surface area contributed by atoms with Gasteiger partial charge in [0.05, 0.1) is 5.69 Å². The van der Waals surface area contributed by atoms with E-state index in [9.17, 15) is 0 Å². The zero-order valence-electron chi connectivity index (χ0n) is 9.92. The standard InChI is InChI=1S/C8H7NO.C5H12/c1-6-9-7-4-2-3-5-8(7)10-6;1-5(2,3)4/h2-5,9H,1H2;1-4H3. The Kier molecular flexibility index (Phi) is 3.40. The lowest BCUT2D eigenvalue weighted by Gasteiger charge is -2.05. The van der Waals surface area contributed by atoms with Gasteiger partial charge in [0.2, 0.25) is 0 Å². The number of benzene rings is 1. The Morgan fingerprint density at radius 1 is 1.13 bits per heavy atom. The molecule has 2 heteroatoms. The Hall–Kier alpha value is -1.44. The van der Waals surface area contributed by atoms with Gasteiger partial charge in [0.15, 0.2) is 11.6 Å². The van der Waals surface area contributed by atoms with Crippen LogP contribution in [0.5, 0.6) is 5.75 Å². The maximum atomic E-state index is 5.20. The molecule has 1 N–H and O–H groups in total. The second-order valence-electron chi connectivity index (χ2n) is 5.15. The highest BCUT2D eigenvalue weighted by Gasteiger charge is 2.11. The van der Waals surface area contributed by atoms with Crippen LogP contribution in [0.15, 0.2) is 36.7 Å². The summed E-state index contributed by atoms with van der Waals surface area (Å²) in [6.45, 7) is 12.4. The number of nitrogens with one attached hydrogen (secondary N) is 1. The van der Waals surface area contributed by atoms with Crippen molar-refractivity contribution in [2.75, 3.05) is 5.32 Å². The second kappa shape index (κ2) is 4.39. The van der Waals surface area contributed by atoms with Gasteiger partial charge in [-0.25, -0.2) is 0 Å². The molecule has 1 heterocycles. The van der Waals surface area contributed by atoms with Gasteiger partial charge in [-0.1, -0.05) is 39.8 Å². The molecule has 0 saturated heterocycles. The molecule has 0 aromatic heterocycles. The maximum Gasteiger partial charge on any atom is 0.190 e. The largest absolute Gasteiger partial charge is 0.440 e. The van der Waals surface area contributed by atoms with E-state index in [4.69, 9.17) is 4.74 Å². The van der Waals surface area contributed by atoms with Crippen molar-refractivity contribution in [2.45, 2.75) is 27.7 Å². The van der Waals surface area contributed by atoms with Crippen LogP contribution in [0, 0.1) is 5.41 Å². The molecule has 82 valence electrons. The van der Waals surface area contributed by atoms with Gasteiger partial charge in [-0.3, -0.25) is 0 Å². The Morgan fingerprint density at radius 2 is 1.67 bits per heavy atom. The number of hydrogen-bond acceptors (Lipinski definition) is 2. The average Bonchev–Trinajstić information content (AvgIpc) is 2.40. The summed E-state index contributed by atoms with van der Waals surface area (Å²) in [5.74, 6) is 1.45. The average molecular weight is 205 g/mol. The highest BCUT2D eigenvalue weighted by atomic mass is 16.5. The van der Waals surface area contributed by atoms with Gasteiger partial charge in [-0.15, -0.1) is 0 Å². The molecule has 0 unspecified atom stereocenters. The van der Waals surface area contributed by atoms with Crippen molar-refractivity contribution in [3.05, 3.63) is 36.7 Å². The van der Waals surface area contributed by atoms with E-state index in [2.05, 4.69) is 39.6 Å². The van der Waals surface area contributed by atoms with Crippen LogP contribution < -0.4 is 10.1 Å². The number of anilines is 1. The molecule has 1 aromatic rings. The topological polar surface area (TPSA) is 21.3 Å². The lowest BCUT2D eigenvalue weighted by Crippen LogP contribution is -1.93. The minimum absolute atomic E-state index is 0.500. The Balaban J connectivity index is 0.000000195. The molecule has 15 heavy (non-hydrogen) atoms. The quantitative estimate of drug-likeness (QED) is 0.690. The highest BCUT2D eigenvalue weighted by Crippen LogP contribution is 2.31. The normalized spacial score (nSPS) is 13.2. The van der Waals surface area contributed by atoms with E-state index in [-0.39, 0.29) is 0 Å². The number of rotatable bonds is 0. The van der Waals surface area contributed by atoms with Crippen molar-refractivity contribution in [3.63, 3.8) is 0 Å².